The van der Waals surface area contributed by atoms with E-state index in [0.29, 0.717) is 16.5 Å². The van der Waals surface area contributed by atoms with E-state index in [4.69, 9.17) is 5.73 Å². The van der Waals surface area contributed by atoms with Crippen molar-refractivity contribution in [2.75, 3.05) is 0 Å². The Morgan fingerprint density at radius 1 is 1.50 bits per heavy atom. The third kappa shape index (κ3) is 2.85. The highest BCUT2D eigenvalue weighted by atomic mass is 32.2. The minimum absolute atomic E-state index is 0.0243. The van der Waals surface area contributed by atoms with Crippen molar-refractivity contribution in [3.8, 4) is 0 Å². The summed E-state index contributed by atoms with van der Waals surface area (Å²) < 4.78 is 15.4. The van der Waals surface area contributed by atoms with Crippen LogP contribution >= 0.6 is 11.8 Å². The summed E-state index contributed by atoms with van der Waals surface area (Å²) in [5.74, 6) is -0.277. The zero-order valence-electron chi connectivity index (χ0n) is 10.2. The second-order valence-electron chi connectivity index (χ2n) is 4.10. The lowest BCUT2D eigenvalue weighted by Gasteiger charge is -2.11. The molecule has 96 valence electrons. The van der Waals surface area contributed by atoms with Crippen molar-refractivity contribution in [3.05, 3.63) is 29.6 Å². The normalized spacial score (nSPS) is 12.7. The van der Waals surface area contributed by atoms with Crippen LogP contribution in [0, 0.1) is 5.82 Å². The number of rotatable bonds is 4. The first-order valence-electron chi connectivity index (χ1n) is 5.51. The fraction of sp³-hybridized carbons (Fsp3) is 0.364. The maximum Gasteiger partial charge on any atom is 0.213 e. The number of aromatic nitrogens is 4. The van der Waals surface area contributed by atoms with Gasteiger partial charge in [0.2, 0.25) is 5.16 Å². The van der Waals surface area contributed by atoms with Crippen LogP contribution in [-0.2, 0) is 13.5 Å². The van der Waals surface area contributed by atoms with E-state index in [1.807, 2.05) is 13.0 Å². The predicted octanol–water partition coefficient (Wildman–Crippen LogP) is 1.39. The van der Waals surface area contributed by atoms with Crippen LogP contribution in [0.3, 0.4) is 0 Å². The SMILES string of the molecule is CC(N)Cc1cccc(F)c1Sc1nnnn1C. The van der Waals surface area contributed by atoms with Crippen LogP contribution in [-0.4, -0.2) is 26.2 Å². The molecular formula is C11H14FN5S. The molecule has 0 saturated carbocycles. The van der Waals surface area contributed by atoms with Crippen LogP contribution in [0.2, 0.25) is 0 Å². The molecular weight excluding hydrogens is 253 g/mol. The van der Waals surface area contributed by atoms with Gasteiger partial charge in [0, 0.05) is 13.1 Å². The largest absolute Gasteiger partial charge is 0.328 e. The summed E-state index contributed by atoms with van der Waals surface area (Å²) in [5.41, 5.74) is 6.64. The summed E-state index contributed by atoms with van der Waals surface area (Å²) >= 11 is 1.21. The summed E-state index contributed by atoms with van der Waals surface area (Å²) in [6.45, 7) is 1.89. The Hall–Kier alpha value is -1.47. The van der Waals surface area contributed by atoms with Crippen molar-refractivity contribution < 1.29 is 4.39 Å². The Bertz CT molecular complexity index is 540. The van der Waals surface area contributed by atoms with E-state index in [1.54, 1.807) is 13.1 Å². The number of nitrogens with zero attached hydrogens (tertiary/aromatic N) is 4. The highest BCUT2D eigenvalue weighted by Gasteiger charge is 2.14. The van der Waals surface area contributed by atoms with Crippen molar-refractivity contribution in [1.29, 1.82) is 0 Å². The first-order valence-corrected chi connectivity index (χ1v) is 6.32. The maximum atomic E-state index is 13.9. The summed E-state index contributed by atoms with van der Waals surface area (Å²) in [6, 6.07) is 4.96. The van der Waals surface area contributed by atoms with Gasteiger partial charge in [-0.05, 0) is 47.2 Å². The van der Waals surface area contributed by atoms with Gasteiger partial charge < -0.3 is 5.73 Å². The lowest BCUT2D eigenvalue weighted by molar-refractivity contribution is 0.591. The van der Waals surface area contributed by atoms with Crippen LogP contribution in [0.25, 0.3) is 0 Å². The van der Waals surface area contributed by atoms with Crippen molar-refractivity contribution in [3.63, 3.8) is 0 Å². The molecule has 1 aromatic heterocycles. The number of hydrogen-bond acceptors (Lipinski definition) is 5. The molecule has 0 aliphatic carbocycles. The van der Waals surface area contributed by atoms with Gasteiger partial charge in [-0.2, -0.15) is 0 Å². The summed E-state index contributed by atoms with van der Waals surface area (Å²) in [6.07, 6.45) is 0.616. The van der Waals surface area contributed by atoms with Gasteiger partial charge in [0.25, 0.3) is 0 Å². The van der Waals surface area contributed by atoms with Gasteiger partial charge in [-0.1, -0.05) is 12.1 Å². The Kier molecular flexibility index (Phi) is 3.93. The monoisotopic (exact) mass is 267 g/mol. The minimum Gasteiger partial charge on any atom is -0.328 e. The number of nitrogens with two attached hydrogens (primary N) is 1. The van der Waals surface area contributed by atoms with Gasteiger partial charge in [-0.25, -0.2) is 9.07 Å². The van der Waals surface area contributed by atoms with Gasteiger partial charge in [-0.15, -0.1) is 5.10 Å². The number of halogens is 1. The highest BCUT2D eigenvalue weighted by Crippen LogP contribution is 2.31. The molecule has 0 spiro atoms. The molecule has 18 heavy (non-hydrogen) atoms. The molecule has 5 nitrogen and oxygen atoms in total. The molecule has 0 bridgehead atoms. The van der Waals surface area contributed by atoms with Gasteiger partial charge in [0.15, 0.2) is 0 Å². The maximum absolute atomic E-state index is 13.9. The molecule has 2 rings (SSSR count). The van der Waals surface area contributed by atoms with Gasteiger partial charge in [0.05, 0.1) is 4.90 Å². The van der Waals surface area contributed by atoms with E-state index in [-0.39, 0.29) is 11.9 Å². The van der Waals surface area contributed by atoms with Crippen LogP contribution in [0.1, 0.15) is 12.5 Å². The summed E-state index contributed by atoms with van der Waals surface area (Å²) in [4.78, 5) is 0.535. The van der Waals surface area contributed by atoms with Gasteiger partial charge >= 0.3 is 0 Å². The zero-order valence-corrected chi connectivity index (χ0v) is 11.0. The Morgan fingerprint density at radius 3 is 2.89 bits per heavy atom. The molecule has 7 heteroatoms. The Balaban J connectivity index is 2.34. The smallest absolute Gasteiger partial charge is 0.213 e. The molecule has 0 fully saturated rings. The lowest BCUT2D eigenvalue weighted by atomic mass is 10.1. The van der Waals surface area contributed by atoms with Crippen LogP contribution in [0.5, 0.6) is 0 Å². The molecule has 1 heterocycles. The molecule has 0 aliphatic heterocycles. The quantitative estimate of drug-likeness (QED) is 0.906. The standard InChI is InChI=1S/C11H14FN5S/c1-7(13)6-8-4-3-5-9(12)10(8)18-11-14-15-16-17(11)2/h3-5,7H,6,13H2,1-2H3. The molecule has 2 N–H and O–H groups in total. The molecule has 0 saturated heterocycles. The van der Waals surface area contributed by atoms with Crippen molar-refractivity contribution in [2.24, 2.45) is 12.8 Å². The van der Waals surface area contributed by atoms with E-state index in [9.17, 15) is 4.39 Å². The minimum atomic E-state index is -0.277. The third-order valence-electron chi connectivity index (χ3n) is 2.37. The first-order chi connectivity index (χ1) is 8.58. The van der Waals surface area contributed by atoms with Gasteiger partial charge in [0.1, 0.15) is 5.82 Å². The topological polar surface area (TPSA) is 69.6 Å². The van der Waals surface area contributed by atoms with E-state index in [2.05, 4.69) is 15.5 Å². The molecule has 1 aromatic carbocycles. The molecule has 1 atom stereocenters. The van der Waals surface area contributed by atoms with Crippen molar-refractivity contribution >= 4 is 11.8 Å². The van der Waals surface area contributed by atoms with Crippen molar-refractivity contribution in [1.82, 2.24) is 20.2 Å². The molecule has 2 aromatic rings. The number of benzene rings is 1. The first kappa shape index (κ1) is 13.0. The second kappa shape index (κ2) is 5.45. The van der Waals surface area contributed by atoms with E-state index in [1.165, 1.54) is 22.5 Å². The molecule has 0 aliphatic rings. The van der Waals surface area contributed by atoms with Gasteiger partial charge in [-0.3, -0.25) is 0 Å². The average Bonchev–Trinajstić information content (AvgIpc) is 2.68. The van der Waals surface area contributed by atoms with E-state index < -0.39 is 0 Å². The number of tetrazole rings is 1. The Labute approximate surface area is 109 Å². The summed E-state index contributed by atoms with van der Waals surface area (Å²) in [7, 11) is 1.72. The van der Waals surface area contributed by atoms with Crippen LogP contribution in [0.15, 0.2) is 28.3 Å². The molecule has 0 radical (unpaired) electrons. The van der Waals surface area contributed by atoms with Crippen molar-refractivity contribution in [2.45, 2.75) is 29.4 Å². The number of hydrogen-bond donors (Lipinski definition) is 1. The Morgan fingerprint density at radius 2 is 2.28 bits per heavy atom. The average molecular weight is 267 g/mol. The van der Waals surface area contributed by atoms with E-state index in [0.717, 1.165) is 5.56 Å². The number of aryl methyl sites for hydroxylation is 1. The van der Waals surface area contributed by atoms with Crippen LogP contribution in [0.4, 0.5) is 4.39 Å². The summed E-state index contributed by atoms with van der Waals surface area (Å²) in [5, 5.41) is 11.6. The highest BCUT2D eigenvalue weighted by molar-refractivity contribution is 7.99. The predicted molar refractivity (Wildman–Crippen MR) is 66.7 cm³/mol. The van der Waals surface area contributed by atoms with E-state index >= 15 is 0 Å². The fourth-order valence-electron chi connectivity index (χ4n) is 1.57. The lowest BCUT2D eigenvalue weighted by Crippen LogP contribution is -2.18. The second-order valence-corrected chi connectivity index (χ2v) is 5.07. The van der Waals surface area contributed by atoms with Crippen LogP contribution < -0.4 is 5.73 Å². The molecule has 0 amide bonds. The molecule has 1 unspecified atom stereocenters. The zero-order chi connectivity index (χ0) is 13.1. The third-order valence-corrected chi connectivity index (χ3v) is 3.55. The fourth-order valence-corrected chi connectivity index (χ4v) is 2.45.